The molecule has 0 aromatic heterocycles. The van der Waals surface area contributed by atoms with Gasteiger partial charge in [0.25, 0.3) is 0 Å². The zero-order valence-electron chi connectivity index (χ0n) is 7.58. The summed E-state index contributed by atoms with van der Waals surface area (Å²) < 4.78 is 21.6. The molecule has 0 saturated carbocycles. The molecule has 0 bridgehead atoms. The summed E-state index contributed by atoms with van der Waals surface area (Å²) in [6, 6.07) is 0.560. The standard InChI is InChI=1S/C7H16N2O2S/c1-8-7-5-9(6-7)3-4-12(2,10)11/h7-8H,3-6H2,1-2H3. The van der Waals surface area contributed by atoms with E-state index in [1.165, 1.54) is 6.26 Å². The van der Waals surface area contributed by atoms with E-state index in [4.69, 9.17) is 0 Å². The second-order valence-electron chi connectivity index (χ2n) is 3.38. The van der Waals surface area contributed by atoms with Crippen molar-refractivity contribution in [2.24, 2.45) is 0 Å². The van der Waals surface area contributed by atoms with E-state index in [1.54, 1.807) is 0 Å². The quantitative estimate of drug-likeness (QED) is 0.616. The zero-order valence-corrected chi connectivity index (χ0v) is 8.39. The van der Waals surface area contributed by atoms with Gasteiger partial charge in [-0.05, 0) is 7.05 Å². The van der Waals surface area contributed by atoms with E-state index in [9.17, 15) is 8.42 Å². The predicted octanol–water partition coefficient (Wildman–Crippen LogP) is -1.07. The number of hydrogen-bond acceptors (Lipinski definition) is 4. The summed E-state index contributed by atoms with van der Waals surface area (Å²) >= 11 is 0. The first-order chi connectivity index (χ1) is 5.51. The molecule has 1 aliphatic rings. The van der Waals surface area contributed by atoms with Crippen molar-refractivity contribution in [1.29, 1.82) is 0 Å². The molecule has 0 aromatic rings. The van der Waals surface area contributed by atoms with Gasteiger partial charge in [0.1, 0.15) is 9.84 Å². The maximum atomic E-state index is 10.8. The van der Waals surface area contributed by atoms with Crippen molar-refractivity contribution in [3.63, 3.8) is 0 Å². The van der Waals surface area contributed by atoms with Gasteiger partial charge in [-0.15, -0.1) is 0 Å². The van der Waals surface area contributed by atoms with Crippen LogP contribution in [0.2, 0.25) is 0 Å². The second kappa shape index (κ2) is 3.72. The molecule has 0 aliphatic carbocycles. The minimum Gasteiger partial charge on any atom is -0.315 e. The molecule has 1 saturated heterocycles. The highest BCUT2D eigenvalue weighted by Crippen LogP contribution is 2.06. The van der Waals surface area contributed by atoms with Crippen LogP contribution in [0.4, 0.5) is 0 Å². The lowest BCUT2D eigenvalue weighted by Gasteiger charge is -2.38. The van der Waals surface area contributed by atoms with Crippen LogP contribution in [0.5, 0.6) is 0 Å². The summed E-state index contributed by atoms with van der Waals surface area (Å²) in [6.45, 7) is 2.63. The van der Waals surface area contributed by atoms with Crippen LogP contribution in [-0.2, 0) is 9.84 Å². The highest BCUT2D eigenvalue weighted by Gasteiger charge is 2.24. The van der Waals surface area contributed by atoms with E-state index in [2.05, 4.69) is 10.2 Å². The van der Waals surface area contributed by atoms with Crippen LogP contribution in [-0.4, -0.2) is 58.1 Å². The minimum absolute atomic E-state index is 0.281. The summed E-state index contributed by atoms with van der Waals surface area (Å²) in [4.78, 5) is 2.14. The van der Waals surface area contributed by atoms with Gasteiger partial charge in [-0.1, -0.05) is 0 Å². The first-order valence-electron chi connectivity index (χ1n) is 4.08. The van der Waals surface area contributed by atoms with Gasteiger partial charge < -0.3 is 5.32 Å². The summed E-state index contributed by atoms with van der Waals surface area (Å²) in [6.07, 6.45) is 1.28. The topological polar surface area (TPSA) is 49.4 Å². The van der Waals surface area contributed by atoms with Crippen LogP contribution >= 0.6 is 0 Å². The molecule has 1 N–H and O–H groups in total. The highest BCUT2D eigenvalue weighted by atomic mass is 32.2. The summed E-state index contributed by atoms with van der Waals surface area (Å²) in [5.41, 5.74) is 0. The van der Waals surface area contributed by atoms with Gasteiger partial charge in [0, 0.05) is 31.9 Å². The maximum absolute atomic E-state index is 10.8. The van der Waals surface area contributed by atoms with Crippen molar-refractivity contribution in [3.05, 3.63) is 0 Å². The van der Waals surface area contributed by atoms with Gasteiger partial charge in [-0.25, -0.2) is 8.42 Å². The number of likely N-dealkylation sites (tertiary alicyclic amines) is 1. The monoisotopic (exact) mass is 192 g/mol. The van der Waals surface area contributed by atoms with Crippen LogP contribution in [0.15, 0.2) is 0 Å². The van der Waals surface area contributed by atoms with Crippen LogP contribution in [0.1, 0.15) is 0 Å². The van der Waals surface area contributed by atoms with Gasteiger partial charge in [0.05, 0.1) is 5.75 Å². The van der Waals surface area contributed by atoms with E-state index in [1.807, 2.05) is 7.05 Å². The lowest BCUT2D eigenvalue weighted by molar-refractivity contribution is 0.141. The smallest absolute Gasteiger partial charge is 0.148 e. The number of likely N-dealkylation sites (N-methyl/N-ethyl adjacent to an activating group) is 1. The van der Waals surface area contributed by atoms with Crippen molar-refractivity contribution in [2.45, 2.75) is 6.04 Å². The van der Waals surface area contributed by atoms with E-state index in [0.717, 1.165) is 13.1 Å². The first kappa shape index (κ1) is 9.95. The molecule has 1 rings (SSSR count). The summed E-state index contributed by atoms with van der Waals surface area (Å²) in [7, 11) is -0.853. The Morgan fingerprint density at radius 3 is 2.50 bits per heavy atom. The number of nitrogens with zero attached hydrogens (tertiary/aromatic N) is 1. The Morgan fingerprint density at radius 1 is 1.50 bits per heavy atom. The molecule has 0 spiro atoms. The molecule has 5 heteroatoms. The van der Waals surface area contributed by atoms with E-state index < -0.39 is 9.84 Å². The Hall–Kier alpha value is -0.130. The normalized spacial score (nSPS) is 20.8. The Balaban J connectivity index is 2.12. The lowest BCUT2D eigenvalue weighted by Crippen LogP contribution is -2.57. The fourth-order valence-electron chi connectivity index (χ4n) is 1.23. The Labute approximate surface area is 73.9 Å². The molecule has 72 valence electrons. The average Bonchev–Trinajstić information content (AvgIpc) is 1.82. The number of sulfone groups is 1. The lowest BCUT2D eigenvalue weighted by atomic mass is 10.1. The van der Waals surface area contributed by atoms with Crippen LogP contribution in [0.3, 0.4) is 0 Å². The largest absolute Gasteiger partial charge is 0.315 e. The molecule has 0 aromatic carbocycles. The summed E-state index contributed by atoms with van der Waals surface area (Å²) in [5, 5.41) is 3.14. The summed E-state index contributed by atoms with van der Waals surface area (Å²) in [5.74, 6) is 0.281. The van der Waals surface area contributed by atoms with Gasteiger partial charge in [0.2, 0.25) is 0 Å². The Morgan fingerprint density at radius 2 is 2.08 bits per heavy atom. The molecular formula is C7H16N2O2S. The maximum Gasteiger partial charge on any atom is 0.148 e. The van der Waals surface area contributed by atoms with Crippen molar-refractivity contribution in [3.8, 4) is 0 Å². The van der Waals surface area contributed by atoms with Gasteiger partial charge >= 0.3 is 0 Å². The number of nitrogens with one attached hydrogen (secondary N) is 1. The number of rotatable bonds is 4. The van der Waals surface area contributed by atoms with E-state index in [0.29, 0.717) is 12.6 Å². The van der Waals surface area contributed by atoms with Gasteiger partial charge in [-0.2, -0.15) is 0 Å². The minimum atomic E-state index is -2.78. The second-order valence-corrected chi connectivity index (χ2v) is 5.63. The van der Waals surface area contributed by atoms with Crippen molar-refractivity contribution in [2.75, 3.05) is 38.7 Å². The fraction of sp³-hybridized carbons (Fsp3) is 1.00. The molecule has 12 heavy (non-hydrogen) atoms. The average molecular weight is 192 g/mol. The first-order valence-corrected chi connectivity index (χ1v) is 6.14. The molecule has 0 amide bonds. The highest BCUT2D eigenvalue weighted by molar-refractivity contribution is 7.90. The Kier molecular flexibility index (Phi) is 3.09. The molecule has 1 heterocycles. The van der Waals surface area contributed by atoms with Crippen molar-refractivity contribution >= 4 is 9.84 Å². The van der Waals surface area contributed by atoms with Crippen LogP contribution in [0, 0.1) is 0 Å². The molecule has 1 fully saturated rings. The third-order valence-electron chi connectivity index (χ3n) is 2.14. The SMILES string of the molecule is CNC1CN(CCS(C)(=O)=O)C1. The predicted molar refractivity (Wildman–Crippen MR) is 49.0 cm³/mol. The zero-order chi connectivity index (χ0) is 9.19. The van der Waals surface area contributed by atoms with Crippen molar-refractivity contribution < 1.29 is 8.42 Å². The molecule has 4 nitrogen and oxygen atoms in total. The molecular weight excluding hydrogens is 176 g/mol. The Bertz CT molecular complexity index is 232. The van der Waals surface area contributed by atoms with Crippen LogP contribution in [0.25, 0.3) is 0 Å². The third-order valence-corrected chi connectivity index (χ3v) is 3.07. The molecule has 0 radical (unpaired) electrons. The molecule has 0 unspecified atom stereocenters. The van der Waals surface area contributed by atoms with Crippen LogP contribution < -0.4 is 5.32 Å². The molecule has 0 atom stereocenters. The van der Waals surface area contributed by atoms with Gasteiger partial charge in [0.15, 0.2) is 0 Å². The third kappa shape index (κ3) is 3.08. The molecule has 1 aliphatic heterocycles. The number of hydrogen-bond donors (Lipinski definition) is 1. The van der Waals surface area contributed by atoms with Crippen molar-refractivity contribution in [1.82, 2.24) is 10.2 Å². The van der Waals surface area contributed by atoms with E-state index in [-0.39, 0.29) is 5.75 Å². The fourth-order valence-corrected chi connectivity index (χ4v) is 1.82. The van der Waals surface area contributed by atoms with Gasteiger partial charge in [-0.3, -0.25) is 4.90 Å². The van der Waals surface area contributed by atoms with E-state index >= 15 is 0 Å².